The zero-order valence-corrected chi connectivity index (χ0v) is 7.00. The predicted octanol–water partition coefficient (Wildman–Crippen LogP) is 0.982. The molecule has 2 heteroatoms. The Morgan fingerprint density at radius 2 is 2.27 bits per heavy atom. The van der Waals surface area contributed by atoms with E-state index < -0.39 is 5.60 Å². The average molecular weight is 154 g/mol. The van der Waals surface area contributed by atoms with Gasteiger partial charge in [0.05, 0.1) is 0 Å². The minimum atomic E-state index is -1.01. The first-order valence-electron chi connectivity index (χ1n) is 4.29. The van der Waals surface area contributed by atoms with Crippen molar-refractivity contribution in [3.05, 3.63) is 0 Å². The molecule has 3 aliphatic carbocycles. The van der Waals surface area contributed by atoms with E-state index >= 15 is 0 Å². The van der Waals surface area contributed by atoms with Gasteiger partial charge >= 0.3 is 0 Å². The quantitative estimate of drug-likeness (QED) is 0.564. The molecule has 0 aromatic heterocycles. The molecule has 0 aromatic carbocycles. The van der Waals surface area contributed by atoms with E-state index in [0.717, 1.165) is 6.42 Å². The summed E-state index contributed by atoms with van der Waals surface area (Å²) in [5.74, 6) is 1.43. The number of hydrogen-bond acceptors (Lipinski definition) is 2. The molecule has 62 valence electrons. The van der Waals surface area contributed by atoms with Crippen LogP contribution >= 0.6 is 0 Å². The maximum atomic E-state index is 11.3. The van der Waals surface area contributed by atoms with Crippen LogP contribution < -0.4 is 0 Å². The van der Waals surface area contributed by atoms with E-state index in [-0.39, 0.29) is 11.7 Å². The van der Waals surface area contributed by atoms with Gasteiger partial charge in [-0.1, -0.05) is 6.92 Å². The molecular formula is C9H14O2. The van der Waals surface area contributed by atoms with Crippen LogP contribution in [-0.4, -0.2) is 16.5 Å². The lowest BCUT2D eigenvalue weighted by molar-refractivity contribution is -0.173. The van der Waals surface area contributed by atoms with Gasteiger partial charge in [-0.2, -0.15) is 0 Å². The van der Waals surface area contributed by atoms with E-state index in [1.165, 1.54) is 0 Å². The lowest BCUT2D eigenvalue weighted by Crippen LogP contribution is -2.59. The molecule has 11 heavy (non-hydrogen) atoms. The number of carbonyl (C=O) groups excluding carboxylic acids is 1. The van der Waals surface area contributed by atoms with Crippen molar-refractivity contribution in [2.45, 2.75) is 32.3 Å². The summed E-state index contributed by atoms with van der Waals surface area (Å²) >= 11 is 0. The van der Waals surface area contributed by atoms with Gasteiger partial charge in [0.15, 0.2) is 5.78 Å². The number of ketones is 1. The van der Waals surface area contributed by atoms with Crippen molar-refractivity contribution in [2.24, 2.45) is 17.8 Å². The largest absolute Gasteiger partial charge is 0.382 e. The molecule has 0 amide bonds. The van der Waals surface area contributed by atoms with Crippen molar-refractivity contribution >= 4 is 5.78 Å². The van der Waals surface area contributed by atoms with Crippen LogP contribution in [0.5, 0.6) is 0 Å². The van der Waals surface area contributed by atoms with E-state index in [1.807, 2.05) is 0 Å². The lowest BCUT2D eigenvalue weighted by atomic mass is 9.52. The summed E-state index contributed by atoms with van der Waals surface area (Å²) in [5, 5.41) is 9.77. The molecule has 3 aliphatic rings. The van der Waals surface area contributed by atoms with E-state index in [2.05, 4.69) is 6.92 Å². The summed E-state index contributed by atoms with van der Waals surface area (Å²) in [6.07, 6.45) is 1.66. The number of Topliss-reactive ketones (excluding diaryl/α,β-unsaturated/α-hetero) is 1. The van der Waals surface area contributed by atoms with Crippen LogP contribution in [0.25, 0.3) is 0 Å². The van der Waals surface area contributed by atoms with Gasteiger partial charge in [0.2, 0.25) is 0 Å². The molecule has 0 radical (unpaired) electrons. The topological polar surface area (TPSA) is 37.3 Å². The maximum Gasteiger partial charge on any atom is 0.164 e. The van der Waals surface area contributed by atoms with Crippen LogP contribution in [0.3, 0.4) is 0 Å². The standard InChI is InChI=1S/C9H14O2/c1-5-6-3-7(5)9(2,11)8(10)4-6/h5-7,11H,3-4H2,1-2H3/t5-,6+,7+,9+/m1/s1. The van der Waals surface area contributed by atoms with Gasteiger partial charge in [0.25, 0.3) is 0 Å². The summed E-state index contributed by atoms with van der Waals surface area (Å²) in [6.45, 7) is 3.81. The summed E-state index contributed by atoms with van der Waals surface area (Å²) in [5.41, 5.74) is -1.01. The Morgan fingerprint density at radius 3 is 2.64 bits per heavy atom. The minimum absolute atomic E-state index is 0.0526. The summed E-state index contributed by atoms with van der Waals surface area (Å²) in [4.78, 5) is 11.3. The molecule has 1 N–H and O–H groups in total. The van der Waals surface area contributed by atoms with Crippen LogP contribution in [0, 0.1) is 17.8 Å². The van der Waals surface area contributed by atoms with E-state index in [9.17, 15) is 9.90 Å². The molecule has 2 nitrogen and oxygen atoms in total. The van der Waals surface area contributed by atoms with Crippen molar-refractivity contribution in [1.82, 2.24) is 0 Å². The van der Waals surface area contributed by atoms with Crippen LogP contribution in [0.15, 0.2) is 0 Å². The van der Waals surface area contributed by atoms with Gasteiger partial charge < -0.3 is 5.11 Å². The Bertz CT molecular complexity index is 208. The molecule has 2 bridgehead atoms. The molecule has 3 rings (SSSR count). The molecule has 0 heterocycles. The molecule has 0 unspecified atom stereocenters. The second kappa shape index (κ2) is 1.86. The van der Waals surface area contributed by atoms with Gasteiger partial charge in [0.1, 0.15) is 5.60 Å². The van der Waals surface area contributed by atoms with Crippen LogP contribution in [0.4, 0.5) is 0 Å². The molecular weight excluding hydrogens is 140 g/mol. The Balaban J connectivity index is 2.26. The normalized spacial score (nSPS) is 55.5. The van der Waals surface area contributed by atoms with Crippen LogP contribution in [0.1, 0.15) is 26.7 Å². The highest BCUT2D eigenvalue weighted by molar-refractivity contribution is 5.89. The van der Waals surface area contributed by atoms with Crippen molar-refractivity contribution in [3.63, 3.8) is 0 Å². The number of fused-ring (bicyclic) bond motifs is 2. The number of hydrogen-bond donors (Lipinski definition) is 1. The van der Waals surface area contributed by atoms with E-state index in [0.29, 0.717) is 18.3 Å². The summed E-state index contributed by atoms with van der Waals surface area (Å²) in [7, 11) is 0. The van der Waals surface area contributed by atoms with Crippen molar-refractivity contribution in [1.29, 1.82) is 0 Å². The molecule has 0 aliphatic heterocycles. The lowest BCUT2D eigenvalue weighted by Gasteiger charge is -2.54. The minimum Gasteiger partial charge on any atom is -0.382 e. The van der Waals surface area contributed by atoms with Crippen LogP contribution in [-0.2, 0) is 4.79 Å². The van der Waals surface area contributed by atoms with Gasteiger partial charge in [0, 0.05) is 6.42 Å². The van der Waals surface area contributed by atoms with Gasteiger partial charge in [-0.15, -0.1) is 0 Å². The summed E-state index contributed by atoms with van der Waals surface area (Å²) in [6, 6.07) is 0. The molecule has 3 fully saturated rings. The Labute approximate surface area is 66.6 Å². The third-order valence-corrected chi connectivity index (χ3v) is 3.67. The molecule has 4 atom stereocenters. The monoisotopic (exact) mass is 154 g/mol. The smallest absolute Gasteiger partial charge is 0.164 e. The third-order valence-electron chi connectivity index (χ3n) is 3.67. The van der Waals surface area contributed by atoms with Crippen LogP contribution in [0.2, 0.25) is 0 Å². The highest BCUT2D eigenvalue weighted by Gasteiger charge is 2.56. The molecule has 0 saturated heterocycles. The third kappa shape index (κ3) is 0.734. The fourth-order valence-electron chi connectivity index (χ4n) is 2.55. The van der Waals surface area contributed by atoms with E-state index in [1.54, 1.807) is 6.92 Å². The highest BCUT2D eigenvalue weighted by atomic mass is 16.3. The first-order chi connectivity index (χ1) is 5.03. The highest BCUT2D eigenvalue weighted by Crippen LogP contribution is 2.53. The Hall–Kier alpha value is -0.370. The first-order valence-corrected chi connectivity index (χ1v) is 4.29. The Kier molecular flexibility index (Phi) is 1.23. The van der Waals surface area contributed by atoms with Crippen molar-refractivity contribution in [2.75, 3.05) is 0 Å². The molecule has 0 aromatic rings. The zero-order valence-electron chi connectivity index (χ0n) is 7.00. The van der Waals surface area contributed by atoms with Crippen molar-refractivity contribution < 1.29 is 9.90 Å². The fourth-order valence-corrected chi connectivity index (χ4v) is 2.55. The van der Waals surface area contributed by atoms with Gasteiger partial charge in [-0.05, 0) is 31.1 Å². The maximum absolute atomic E-state index is 11.3. The zero-order chi connectivity index (χ0) is 8.22. The second-order valence-corrected chi connectivity index (χ2v) is 4.24. The number of rotatable bonds is 0. The fraction of sp³-hybridized carbons (Fsp3) is 0.889. The molecule has 0 spiro atoms. The second-order valence-electron chi connectivity index (χ2n) is 4.24. The summed E-state index contributed by atoms with van der Waals surface area (Å²) < 4.78 is 0. The predicted molar refractivity (Wildman–Crippen MR) is 41.0 cm³/mol. The average Bonchev–Trinajstić information content (AvgIpc) is 1.92. The Morgan fingerprint density at radius 1 is 1.64 bits per heavy atom. The van der Waals surface area contributed by atoms with Gasteiger partial charge in [-0.25, -0.2) is 0 Å². The SMILES string of the molecule is C[C@@H]1[C@@H]2CC(=O)[C@@](C)(O)[C@H]1C2. The number of carbonyl (C=O) groups is 1. The molecule has 3 saturated carbocycles. The van der Waals surface area contributed by atoms with Gasteiger partial charge in [-0.3, -0.25) is 4.79 Å². The van der Waals surface area contributed by atoms with E-state index in [4.69, 9.17) is 0 Å². The number of aliphatic hydroxyl groups is 1. The van der Waals surface area contributed by atoms with Crippen molar-refractivity contribution in [3.8, 4) is 0 Å². The first kappa shape index (κ1) is 7.29.